The molecule has 0 spiro atoms. The Morgan fingerprint density at radius 3 is 2.67 bits per heavy atom. The van der Waals surface area contributed by atoms with E-state index in [0.717, 1.165) is 6.20 Å². The second-order valence-electron chi connectivity index (χ2n) is 3.32. The molecular weight excluding hydrogens is 383 g/mol. The molecule has 4 nitrogen and oxygen atoms in total. The predicted octanol–water partition coefficient (Wildman–Crippen LogP) is 2.89. The number of nitrogens with zero attached hydrogens (tertiary/aromatic N) is 2. The molecule has 0 atom stereocenters. The summed E-state index contributed by atoms with van der Waals surface area (Å²) in [6.07, 6.45) is -3.34. The summed E-state index contributed by atoms with van der Waals surface area (Å²) < 4.78 is 37.5. The smallest absolute Gasteiger partial charge is 0.378 e. The van der Waals surface area contributed by atoms with Crippen molar-refractivity contribution < 1.29 is 13.2 Å². The molecule has 0 saturated heterocycles. The summed E-state index contributed by atoms with van der Waals surface area (Å²) in [6.45, 7) is 2.48. The van der Waals surface area contributed by atoms with Gasteiger partial charge in [0.2, 0.25) is 0 Å². The Hall–Kier alpha value is -0.830. The molecule has 18 heavy (non-hydrogen) atoms. The minimum absolute atomic E-state index is 0.00417. The van der Waals surface area contributed by atoms with Crippen LogP contribution in [0.5, 0.6) is 0 Å². The normalized spacial score (nSPS) is 11.4. The summed E-state index contributed by atoms with van der Waals surface area (Å²) in [5.41, 5.74) is -0.545. The number of rotatable bonds is 4. The van der Waals surface area contributed by atoms with Gasteiger partial charge in [0, 0.05) is 11.0 Å². The number of aromatic nitrogens is 2. The lowest BCUT2D eigenvalue weighted by molar-refractivity contribution is -0.143. The first kappa shape index (κ1) is 15.2. The van der Waals surface area contributed by atoms with Crippen molar-refractivity contribution in [1.29, 1.82) is 0 Å². The average molecular weight is 391 g/mol. The lowest BCUT2D eigenvalue weighted by Crippen LogP contribution is -2.31. The summed E-state index contributed by atoms with van der Waals surface area (Å²) in [7, 11) is 0. The van der Waals surface area contributed by atoms with Crippen molar-refractivity contribution in [1.82, 2.24) is 9.78 Å². The van der Waals surface area contributed by atoms with Crippen molar-refractivity contribution in [3.63, 3.8) is 0 Å². The molecule has 1 heterocycles. The van der Waals surface area contributed by atoms with Crippen LogP contribution in [-0.2, 0) is 6.54 Å². The molecule has 0 aliphatic rings. The van der Waals surface area contributed by atoms with Gasteiger partial charge < -0.3 is 5.32 Å². The van der Waals surface area contributed by atoms with E-state index in [0.29, 0.717) is 21.4 Å². The third-order valence-corrected chi connectivity index (χ3v) is 2.83. The highest BCUT2D eigenvalue weighted by Gasteiger charge is 2.29. The maximum atomic E-state index is 12.2. The molecule has 0 bridgehead atoms. The number of alkyl halides is 3. The lowest BCUT2D eigenvalue weighted by atomic mass is 10.4. The maximum absolute atomic E-state index is 12.2. The SMILES string of the molecule is C=C(Br)CNc1cnn(CC(F)(F)F)c(=O)c1Br. The number of anilines is 1. The summed E-state index contributed by atoms with van der Waals surface area (Å²) in [4.78, 5) is 11.6. The molecule has 0 aromatic carbocycles. The van der Waals surface area contributed by atoms with E-state index >= 15 is 0 Å². The summed E-state index contributed by atoms with van der Waals surface area (Å²) in [6, 6.07) is 0. The van der Waals surface area contributed by atoms with Gasteiger partial charge in [-0.3, -0.25) is 4.79 Å². The second kappa shape index (κ2) is 5.87. The maximum Gasteiger partial charge on any atom is 0.408 e. The number of hydrogen-bond acceptors (Lipinski definition) is 3. The fraction of sp³-hybridized carbons (Fsp3) is 0.333. The summed E-state index contributed by atoms with van der Waals surface area (Å²) in [5.74, 6) is 0. The second-order valence-corrected chi connectivity index (χ2v) is 5.24. The standard InChI is InChI=1S/C9H8Br2F3N3O/c1-5(10)2-15-6-3-16-17(4-9(12,13)14)8(18)7(6)11/h3,15H,1-2,4H2. The van der Waals surface area contributed by atoms with E-state index in [-0.39, 0.29) is 4.47 Å². The van der Waals surface area contributed by atoms with Crippen molar-refractivity contribution in [3.8, 4) is 0 Å². The Kier molecular flexibility index (Phi) is 4.97. The predicted molar refractivity (Wildman–Crippen MR) is 68.8 cm³/mol. The van der Waals surface area contributed by atoms with E-state index < -0.39 is 18.3 Å². The zero-order valence-corrected chi connectivity index (χ0v) is 12.1. The minimum Gasteiger partial charge on any atom is -0.378 e. The zero-order chi connectivity index (χ0) is 13.9. The van der Waals surface area contributed by atoms with Gasteiger partial charge in [-0.15, -0.1) is 0 Å². The lowest BCUT2D eigenvalue weighted by Gasteiger charge is -2.11. The van der Waals surface area contributed by atoms with Crippen LogP contribution in [-0.4, -0.2) is 22.5 Å². The molecule has 0 saturated carbocycles. The van der Waals surface area contributed by atoms with Gasteiger partial charge >= 0.3 is 6.18 Å². The van der Waals surface area contributed by atoms with E-state index in [1.807, 2.05) is 0 Å². The molecule has 0 unspecified atom stereocenters. The highest BCUT2D eigenvalue weighted by Crippen LogP contribution is 2.19. The highest BCUT2D eigenvalue weighted by molar-refractivity contribution is 9.11. The topological polar surface area (TPSA) is 46.9 Å². The summed E-state index contributed by atoms with van der Waals surface area (Å²) in [5, 5.41) is 6.24. The molecule has 0 radical (unpaired) electrons. The third-order valence-electron chi connectivity index (χ3n) is 1.78. The summed E-state index contributed by atoms with van der Waals surface area (Å²) >= 11 is 6.04. The minimum atomic E-state index is -4.49. The Bertz CT molecular complexity index is 513. The quantitative estimate of drug-likeness (QED) is 0.859. The van der Waals surface area contributed by atoms with E-state index in [4.69, 9.17) is 0 Å². The van der Waals surface area contributed by atoms with Crippen LogP contribution in [0.2, 0.25) is 0 Å². The Balaban J connectivity index is 2.98. The van der Waals surface area contributed by atoms with Gasteiger partial charge in [0.05, 0.1) is 11.9 Å². The van der Waals surface area contributed by atoms with Gasteiger partial charge in [-0.25, -0.2) is 4.68 Å². The van der Waals surface area contributed by atoms with Crippen LogP contribution in [0.3, 0.4) is 0 Å². The van der Waals surface area contributed by atoms with Crippen LogP contribution >= 0.6 is 31.9 Å². The van der Waals surface area contributed by atoms with Crippen LogP contribution in [0, 0.1) is 0 Å². The fourth-order valence-electron chi connectivity index (χ4n) is 1.06. The number of hydrogen-bond donors (Lipinski definition) is 1. The zero-order valence-electron chi connectivity index (χ0n) is 8.89. The van der Waals surface area contributed by atoms with Gasteiger partial charge in [0.1, 0.15) is 11.0 Å². The molecule has 0 aliphatic heterocycles. The van der Waals surface area contributed by atoms with Crippen LogP contribution < -0.4 is 10.9 Å². The number of nitrogens with one attached hydrogen (secondary N) is 1. The van der Waals surface area contributed by atoms with Crippen molar-refractivity contribution >= 4 is 37.5 Å². The molecular formula is C9H8Br2F3N3O. The molecule has 100 valence electrons. The molecule has 1 aromatic rings. The molecule has 1 rings (SSSR count). The van der Waals surface area contributed by atoms with Crippen LogP contribution in [0.25, 0.3) is 0 Å². The third kappa shape index (κ3) is 4.45. The fourth-order valence-corrected chi connectivity index (χ4v) is 1.65. The average Bonchev–Trinajstić information content (AvgIpc) is 2.22. The van der Waals surface area contributed by atoms with Crippen molar-refractivity contribution in [2.75, 3.05) is 11.9 Å². The largest absolute Gasteiger partial charge is 0.408 e. The van der Waals surface area contributed by atoms with E-state index in [9.17, 15) is 18.0 Å². The Labute approximate surface area is 117 Å². The van der Waals surface area contributed by atoms with E-state index in [1.54, 1.807) is 0 Å². The van der Waals surface area contributed by atoms with Gasteiger partial charge in [-0.1, -0.05) is 22.5 Å². The van der Waals surface area contributed by atoms with Gasteiger partial charge in [-0.2, -0.15) is 18.3 Å². The molecule has 0 fully saturated rings. The van der Waals surface area contributed by atoms with Gasteiger partial charge in [-0.05, 0) is 15.9 Å². The van der Waals surface area contributed by atoms with Gasteiger partial charge in [0.25, 0.3) is 5.56 Å². The van der Waals surface area contributed by atoms with Crippen LogP contribution in [0.4, 0.5) is 18.9 Å². The molecule has 1 aromatic heterocycles. The molecule has 0 amide bonds. The van der Waals surface area contributed by atoms with Crippen molar-refractivity contribution in [2.24, 2.45) is 0 Å². The monoisotopic (exact) mass is 389 g/mol. The molecule has 1 N–H and O–H groups in total. The van der Waals surface area contributed by atoms with E-state index in [1.165, 1.54) is 0 Å². The molecule has 9 heteroatoms. The Morgan fingerprint density at radius 2 is 2.17 bits per heavy atom. The van der Waals surface area contributed by atoms with Crippen molar-refractivity contribution in [3.05, 3.63) is 32.1 Å². The first-order valence-electron chi connectivity index (χ1n) is 4.60. The first-order valence-corrected chi connectivity index (χ1v) is 6.19. The number of halogens is 5. The van der Waals surface area contributed by atoms with E-state index in [2.05, 4.69) is 48.9 Å². The van der Waals surface area contributed by atoms with Crippen molar-refractivity contribution in [2.45, 2.75) is 12.7 Å². The first-order chi connectivity index (χ1) is 8.20. The Morgan fingerprint density at radius 1 is 1.56 bits per heavy atom. The van der Waals surface area contributed by atoms with Crippen LogP contribution in [0.15, 0.2) is 26.5 Å². The van der Waals surface area contributed by atoms with Gasteiger partial charge in [0.15, 0.2) is 0 Å². The van der Waals surface area contributed by atoms with Crippen LogP contribution in [0.1, 0.15) is 0 Å². The molecule has 0 aliphatic carbocycles. The highest BCUT2D eigenvalue weighted by atomic mass is 79.9.